The molecule has 0 bridgehead atoms. The number of hydrogen-bond acceptors (Lipinski definition) is 8. The summed E-state index contributed by atoms with van der Waals surface area (Å²) in [6.45, 7) is 5.61. The van der Waals surface area contributed by atoms with E-state index in [2.05, 4.69) is 10.6 Å². The van der Waals surface area contributed by atoms with Gasteiger partial charge in [-0.25, -0.2) is 8.42 Å². The number of fused-ring (bicyclic) bond motifs is 1. The summed E-state index contributed by atoms with van der Waals surface area (Å²) < 4.78 is 49.4. The summed E-state index contributed by atoms with van der Waals surface area (Å²) in [6, 6.07) is 9.71. The van der Waals surface area contributed by atoms with Crippen molar-refractivity contribution in [2.45, 2.75) is 31.3 Å². The molecule has 1 saturated heterocycles. The first-order valence-corrected chi connectivity index (χ1v) is 12.6. The zero-order chi connectivity index (χ0) is 24.1. The number of morpholine rings is 1. The molecule has 0 aliphatic carbocycles. The van der Waals surface area contributed by atoms with Gasteiger partial charge < -0.3 is 29.6 Å². The largest absolute Gasteiger partial charge is 0.492 e. The summed E-state index contributed by atoms with van der Waals surface area (Å²) in [5, 5.41) is 5.96. The quantitative estimate of drug-likeness (QED) is 0.547. The van der Waals surface area contributed by atoms with Crippen molar-refractivity contribution in [1.29, 1.82) is 0 Å². The maximum Gasteiger partial charge on any atom is 0.246 e. The highest BCUT2D eigenvalue weighted by molar-refractivity contribution is 7.89. The van der Waals surface area contributed by atoms with Gasteiger partial charge in [0.05, 0.1) is 19.8 Å². The first-order chi connectivity index (χ1) is 16.4. The molecule has 0 radical (unpaired) electrons. The number of hydrogen-bond donors (Lipinski definition) is 2. The van der Waals surface area contributed by atoms with Crippen LogP contribution in [0.15, 0.2) is 41.3 Å². The Hall–Kier alpha value is -3.02. The lowest BCUT2D eigenvalue weighted by Gasteiger charge is -2.27. The average Bonchev–Trinajstić information content (AvgIpc) is 3.32. The Morgan fingerprint density at radius 2 is 1.88 bits per heavy atom. The number of ether oxygens (including phenoxy) is 4. The van der Waals surface area contributed by atoms with Gasteiger partial charge in [-0.1, -0.05) is 6.07 Å². The molecule has 2 aromatic rings. The number of sulfonamides is 1. The second kappa shape index (κ2) is 10.5. The molecule has 0 unspecified atom stereocenters. The molecule has 0 spiro atoms. The van der Waals surface area contributed by atoms with E-state index in [0.717, 1.165) is 5.56 Å². The molecule has 2 aliphatic rings. The predicted molar refractivity (Wildman–Crippen MR) is 125 cm³/mol. The minimum atomic E-state index is -3.78. The topological polar surface area (TPSA) is 115 Å². The van der Waals surface area contributed by atoms with Gasteiger partial charge in [-0.3, -0.25) is 4.79 Å². The summed E-state index contributed by atoms with van der Waals surface area (Å²) in [6.07, 6.45) is 0. The highest BCUT2D eigenvalue weighted by Crippen LogP contribution is 2.33. The summed E-state index contributed by atoms with van der Waals surface area (Å²) in [5.41, 5.74) is 1.38. The lowest BCUT2D eigenvalue weighted by atomic mass is 10.2. The van der Waals surface area contributed by atoms with E-state index >= 15 is 0 Å². The average molecular weight is 492 g/mol. The van der Waals surface area contributed by atoms with Crippen molar-refractivity contribution >= 4 is 21.6 Å². The molecule has 34 heavy (non-hydrogen) atoms. The Labute approximate surface area is 199 Å². The molecule has 10 nitrogen and oxygen atoms in total. The van der Waals surface area contributed by atoms with E-state index in [1.807, 2.05) is 18.2 Å². The Morgan fingerprint density at radius 3 is 2.65 bits per heavy atom. The molecule has 0 aromatic heterocycles. The van der Waals surface area contributed by atoms with Crippen LogP contribution in [-0.2, 0) is 26.1 Å². The van der Waals surface area contributed by atoms with Gasteiger partial charge in [-0.2, -0.15) is 4.31 Å². The number of nitrogens with zero attached hydrogens (tertiary/aromatic N) is 1. The van der Waals surface area contributed by atoms with Crippen molar-refractivity contribution in [2.75, 3.05) is 45.0 Å². The van der Waals surface area contributed by atoms with Crippen LogP contribution in [-0.4, -0.2) is 64.4 Å². The fraction of sp³-hybridized carbons (Fsp3) is 0.435. The number of rotatable bonds is 9. The van der Waals surface area contributed by atoms with Crippen LogP contribution in [0.4, 0.5) is 5.69 Å². The van der Waals surface area contributed by atoms with Crippen molar-refractivity contribution in [3.05, 3.63) is 42.0 Å². The molecule has 11 heteroatoms. The van der Waals surface area contributed by atoms with Gasteiger partial charge in [-0.05, 0) is 49.7 Å². The fourth-order valence-electron chi connectivity index (χ4n) is 3.71. The molecular weight excluding hydrogens is 462 g/mol. The molecule has 2 aromatic carbocycles. The maximum atomic E-state index is 13.3. The Kier molecular flexibility index (Phi) is 7.44. The van der Waals surface area contributed by atoms with Gasteiger partial charge in [0, 0.05) is 25.3 Å². The van der Waals surface area contributed by atoms with Crippen LogP contribution in [0.3, 0.4) is 0 Å². The summed E-state index contributed by atoms with van der Waals surface area (Å²) >= 11 is 0. The van der Waals surface area contributed by atoms with Crippen molar-refractivity contribution in [1.82, 2.24) is 9.62 Å². The number of benzene rings is 2. The van der Waals surface area contributed by atoms with Crippen molar-refractivity contribution in [3.63, 3.8) is 0 Å². The Bertz CT molecular complexity index is 1130. The first-order valence-electron chi connectivity index (χ1n) is 11.2. The monoisotopic (exact) mass is 491 g/mol. The van der Waals surface area contributed by atoms with Gasteiger partial charge in [0.15, 0.2) is 11.5 Å². The first kappa shape index (κ1) is 24.1. The zero-order valence-corrected chi connectivity index (χ0v) is 20.0. The Morgan fingerprint density at radius 1 is 1.12 bits per heavy atom. The second-order valence-corrected chi connectivity index (χ2v) is 9.79. The van der Waals surface area contributed by atoms with Gasteiger partial charge in [0.1, 0.15) is 16.7 Å². The normalized spacial score (nSPS) is 16.6. The van der Waals surface area contributed by atoms with E-state index in [9.17, 15) is 13.2 Å². The molecule has 184 valence electrons. The van der Waals surface area contributed by atoms with E-state index in [4.69, 9.17) is 18.9 Å². The standard InChI is InChI=1S/C23H29N3O7S/c1-3-31-20-7-5-18(13-22(20)34(28,29)26-8-10-30-11-9-26)25-16(2)23(27)24-14-17-4-6-19-21(12-17)33-15-32-19/h4-7,12-13,16,25H,3,8-11,14-15H2,1-2H3,(H,24,27)/t16-/m1/s1. The zero-order valence-electron chi connectivity index (χ0n) is 19.2. The molecule has 2 N–H and O–H groups in total. The van der Waals surface area contributed by atoms with Crippen LogP contribution in [0.5, 0.6) is 17.2 Å². The fourth-order valence-corrected chi connectivity index (χ4v) is 5.27. The van der Waals surface area contributed by atoms with Gasteiger partial charge in [-0.15, -0.1) is 0 Å². The number of anilines is 1. The van der Waals surface area contributed by atoms with Gasteiger partial charge >= 0.3 is 0 Å². The summed E-state index contributed by atoms with van der Waals surface area (Å²) in [7, 11) is -3.78. The number of carbonyl (C=O) groups excluding carboxylic acids is 1. The van der Waals surface area contributed by atoms with Crippen LogP contribution in [0.25, 0.3) is 0 Å². The minimum absolute atomic E-state index is 0.0641. The van der Waals surface area contributed by atoms with E-state index in [1.54, 1.807) is 26.0 Å². The van der Waals surface area contributed by atoms with Gasteiger partial charge in [0.25, 0.3) is 0 Å². The predicted octanol–water partition coefficient (Wildman–Crippen LogP) is 1.95. The van der Waals surface area contributed by atoms with E-state index < -0.39 is 16.1 Å². The smallest absolute Gasteiger partial charge is 0.246 e. The van der Waals surface area contributed by atoms with E-state index in [0.29, 0.717) is 43.6 Å². The van der Waals surface area contributed by atoms with Gasteiger partial charge in [0.2, 0.25) is 22.7 Å². The van der Waals surface area contributed by atoms with Crippen LogP contribution in [0, 0.1) is 0 Å². The van der Waals surface area contributed by atoms with E-state index in [1.165, 1.54) is 10.4 Å². The third-order valence-corrected chi connectivity index (χ3v) is 7.43. The molecule has 0 saturated carbocycles. The lowest BCUT2D eigenvalue weighted by Crippen LogP contribution is -2.40. The molecule has 2 heterocycles. The number of carbonyl (C=O) groups is 1. The summed E-state index contributed by atoms with van der Waals surface area (Å²) in [4.78, 5) is 12.7. The molecule has 1 amide bonds. The highest BCUT2D eigenvalue weighted by atomic mass is 32.2. The lowest BCUT2D eigenvalue weighted by molar-refractivity contribution is -0.121. The Balaban J connectivity index is 1.44. The summed E-state index contributed by atoms with van der Waals surface area (Å²) in [5.74, 6) is 1.38. The number of nitrogens with one attached hydrogen (secondary N) is 2. The molecule has 4 rings (SSSR count). The molecular formula is C23H29N3O7S. The molecule has 1 atom stereocenters. The van der Waals surface area contributed by atoms with Crippen molar-refractivity contribution in [3.8, 4) is 17.2 Å². The van der Waals surface area contributed by atoms with Crippen LogP contribution in [0.2, 0.25) is 0 Å². The van der Waals surface area contributed by atoms with Crippen LogP contribution < -0.4 is 24.8 Å². The van der Waals surface area contributed by atoms with Crippen LogP contribution >= 0.6 is 0 Å². The van der Waals surface area contributed by atoms with E-state index in [-0.39, 0.29) is 36.4 Å². The highest BCUT2D eigenvalue weighted by Gasteiger charge is 2.30. The van der Waals surface area contributed by atoms with Crippen LogP contribution in [0.1, 0.15) is 19.4 Å². The maximum absolute atomic E-state index is 13.3. The minimum Gasteiger partial charge on any atom is -0.492 e. The second-order valence-electron chi connectivity index (χ2n) is 7.88. The van der Waals surface area contributed by atoms with Crippen molar-refractivity contribution in [2.24, 2.45) is 0 Å². The third-order valence-electron chi connectivity index (χ3n) is 5.51. The molecule has 2 aliphatic heterocycles. The SMILES string of the molecule is CCOc1ccc(N[C@H](C)C(=O)NCc2ccc3c(c2)OCO3)cc1S(=O)(=O)N1CCOCC1. The van der Waals surface area contributed by atoms with Crippen molar-refractivity contribution < 1.29 is 32.2 Å². The molecule has 1 fully saturated rings. The number of amides is 1. The third kappa shape index (κ3) is 5.37.